The zero-order chi connectivity index (χ0) is 15.9. The number of hydrogen-bond donors (Lipinski definition) is 3. The van der Waals surface area contributed by atoms with Gasteiger partial charge in [0.05, 0.1) is 11.1 Å². The number of benzene rings is 2. The first kappa shape index (κ1) is 16.9. The summed E-state index contributed by atoms with van der Waals surface area (Å²) in [5.41, 5.74) is 1.62. The van der Waals surface area contributed by atoms with Crippen LogP contribution in [0.3, 0.4) is 0 Å². The predicted octanol–water partition coefficient (Wildman–Crippen LogP) is 2.91. The molecule has 22 heavy (non-hydrogen) atoms. The number of aliphatic hydroxyl groups is 2. The Bertz CT molecular complexity index is 594. The number of aliphatic hydroxyl groups excluding tert-OH is 2. The third-order valence-corrected chi connectivity index (χ3v) is 3.83. The van der Waals surface area contributed by atoms with E-state index in [1.165, 1.54) is 18.2 Å². The molecule has 2 rings (SSSR count). The van der Waals surface area contributed by atoms with E-state index in [0.717, 1.165) is 5.56 Å². The van der Waals surface area contributed by atoms with Gasteiger partial charge in [-0.25, -0.2) is 4.39 Å². The fourth-order valence-electron chi connectivity index (χ4n) is 2.24. The van der Waals surface area contributed by atoms with Crippen LogP contribution in [0.1, 0.15) is 17.2 Å². The third-order valence-electron chi connectivity index (χ3n) is 3.54. The number of rotatable bonds is 7. The molecular weight excluding hydrogens is 305 g/mol. The van der Waals surface area contributed by atoms with E-state index in [0.29, 0.717) is 18.7 Å². The van der Waals surface area contributed by atoms with Gasteiger partial charge in [0.15, 0.2) is 0 Å². The van der Waals surface area contributed by atoms with Crippen molar-refractivity contribution in [1.29, 1.82) is 0 Å². The van der Waals surface area contributed by atoms with Gasteiger partial charge in [-0.2, -0.15) is 0 Å². The molecule has 0 spiro atoms. The SMILES string of the molecule is OCC(CNCc1ccccc1)C(O)c1ccc(F)c(Cl)c1. The van der Waals surface area contributed by atoms with Crippen LogP contribution in [0.4, 0.5) is 4.39 Å². The van der Waals surface area contributed by atoms with Crippen LogP contribution in [-0.4, -0.2) is 23.4 Å². The molecule has 0 aromatic heterocycles. The second kappa shape index (κ2) is 8.25. The minimum absolute atomic E-state index is 0.0366. The van der Waals surface area contributed by atoms with Crippen LogP contribution in [0.15, 0.2) is 48.5 Å². The lowest BCUT2D eigenvalue weighted by molar-refractivity contribution is 0.0663. The molecule has 3 N–H and O–H groups in total. The molecule has 2 atom stereocenters. The molecule has 0 aliphatic rings. The highest BCUT2D eigenvalue weighted by atomic mass is 35.5. The Morgan fingerprint density at radius 1 is 1.14 bits per heavy atom. The molecule has 0 heterocycles. The second-order valence-corrected chi connectivity index (χ2v) is 5.58. The van der Waals surface area contributed by atoms with Crippen LogP contribution < -0.4 is 5.32 Å². The molecule has 0 bridgehead atoms. The fourth-order valence-corrected chi connectivity index (χ4v) is 2.43. The lowest BCUT2D eigenvalue weighted by atomic mass is 9.96. The lowest BCUT2D eigenvalue weighted by Crippen LogP contribution is -2.29. The molecule has 0 saturated heterocycles. The maximum atomic E-state index is 13.2. The second-order valence-electron chi connectivity index (χ2n) is 5.18. The monoisotopic (exact) mass is 323 g/mol. The van der Waals surface area contributed by atoms with Crippen LogP contribution >= 0.6 is 11.6 Å². The van der Waals surface area contributed by atoms with Crippen LogP contribution in [0, 0.1) is 11.7 Å². The molecule has 0 fully saturated rings. The standard InChI is InChI=1S/C17H19ClFNO2/c18-15-8-13(6-7-16(15)19)17(22)14(11-21)10-20-9-12-4-2-1-3-5-12/h1-8,14,17,20-22H,9-11H2. The molecule has 2 unspecified atom stereocenters. The average molecular weight is 324 g/mol. The quantitative estimate of drug-likeness (QED) is 0.734. The van der Waals surface area contributed by atoms with Crippen LogP contribution in [0.2, 0.25) is 5.02 Å². The van der Waals surface area contributed by atoms with Crippen molar-refractivity contribution < 1.29 is 14.6 Å². The Morgan fingerprint density at radius 2 is 1.86 bits per heavy atom. The average Bonchev–Trinajstić information content (AvgIpc) is 2.54. The van der Waals surface area contributed by atoms with Crippen molar-refractivity contribution in [2.45, 2.75) is 12.6 Å². The first-order chi connectivity index (χ1) is 10.6. The maximum absolute atomic E-state index is 13.2. The molecular formula is C17H19ClFNO2. The summed E-state index contributed by atoms with van der Waals surface area (Å²) in [7, 11) is 0. The maximum Gasteiger partial charge on any atom is 0.141 e. The summed E-state index contributed by atoms with van der Waals surface area (Å²) >= 11 is 5.73. The van der Waals surface area contributed by atoms with E-state index >= 15 is 0 Å². The van der Waals surface area contributed by atoms with E-state index in [2.05, 4.69) is 5.32 Å². The summed E-state index contributed by atoms with van der Waals surface area (Å²) in [6.07, 6.45) is -0.911. The normalized spacial score (nSPS) is 13.8. The minimum Gasteiger partial charge on any atom is -0.396 e. The van der Waals surface area contributed by atoms with E-state index in [9.17, 15) is 14.6 Å². The molecule has 0 saturated carbocycles. The molecule has 118 valence electrons. The lowest BCUT2D eigenvalue weighted by Gasteiger charge is -2.22. The largest absolute Gasteiger partial charge is 0.396 e. The fraction of sp³-hybridized carbons (Fsp3) is 0.294. The predicted molar refractivity (Wildman–Crippen MR) is 85.1 cm³/mol. The van der Waals surface area contributed by atoms with Gasteiger partial charge in [0.25, 0.3) is 0 Å². The molecule has 0 aliphatic heterocycles. The number of nitrogens with one attached hydrogen (secondary N) is 1. The van der Waals surface area contributed by atoms with Crippen molar-refractivity contribution >= 4 is 11.6 Å². The number of halogens is 2. The zero-order valence-electron chi connectivity index (χ0n) is 12.0. The highest BCUT2D eigenvalue weighted by Gasteiger charge is 2.20. The molecule has 0 radical (unpaired) electrons. The molecule has 2 aromatic carbocycles. The Kier molecular flexibility index (Phi) is 6.34. The summed E-state index contributed by atoms with van der Waals surface area (Å²) in [6, 6.07) is 13.9. The Labute approximate surface area is 134 Å². The number of hydrogen-bond acceptors (Lipinski definition) is 3. The first-order valence-electron chi connectivity index (χ1n) is 7.10. The van der Waals surface area contributed by atoms with Crippen molar-refractivity contribution in [2.75, 3.05) is 13.2 Å². The van der Waals surface area contributed by atoms with E-state index < -0.39 is 17.8 Å². The highest BCUT2D eigenvalue weighted by molar-refractivity contribution is 6.30. The molecule has 5 heteroatoms. The van der Waals surface area contributed by atoms with Gasteiger partial charge in [-0.1, -0.05) is 48.0 Å². The van der Waals surface area contributed by atoms with Crippen molar-refractivity contribution in [3.05, 3.63) is 70.5 Å². The Balaban J connectivity index is 1.93. The van der Waals surface area contributed by atoms with E-state index in [4.69, 9.17) is 11.6 Å². The van der Waals surface area contributed by atoms with Gasteiger partial charge in [0.1, 0.15) is 5.82 Å². The van der Waals surface area contributed by atoms with Crippen molar-refractivity contribution in [3.63, 3.8) is 0 Å². The molecule has 3 nitrogen and oxygen atoms in total. The summed E-state index contributed by atoms with van der Waals surface area (Å²) < 4.78 is 13.2. The van der Waals surface area contributed by atoms with Gasteiger partial charge >= 0.3 is 0 Å². The highest BCUT2D eigenvalue weighted by Crippen LogP contribution is 2.25. The van der Waals surface area contributed by atoms with Crippen LogP contribution in [0.25, 0.3) is 0 Å². The topological polar surface area (TPSA) is 52.5 Å². The van der Waals surface area contributed by atoms with Gasteiger partial charge in [-0.3, -0.25) is 0 Å². The smallest absolute Gasteiger partial charge is 0.141 e. The van der Waals surface area contributed by atoms with Crippen molar-refractivity contribution in [1.82, 2.24) is 5.32 Å². The van der Waals surface area contributed by atoms with Crippen molar-refractivity contribution in [2.24, 2.45) is 5.92 Å². The van der Waals surface area contributed by atoms with Crippen LogP contribution in [0.5, 0.6) is 0 Å². The zero-order valence-corrected chi connectivity index (χ0v) is 12.8. The van der Waals surface area contributed by atoms with E-state index in [-0.39, 0.29) is 11.6 Å². The van der Waals surface area contributed by atoms with Gasteiger partial charge in [0.2, 0.25) is 0 Å². The van der Waals surface area contributed by atoms with Gasteiger partial charge < -0.3 is 15.5 Å². The molecule has 2 aromatic rings. The molecule has 0 aliphatic carbocycles. The van der Waals surface area contributed by atoms with Crippen LogP contribution in [-0.2, 0) is 6.54 Å². The van der Waals surface area contributed by atoms with Crippen molar-refractivity contribution in [3.8, 4) is 0 Å². The van der Waals surface area contributed by atoms with E-state index in [1.807, 2.05) is 30.3 Å². The minimum atomic E-state index is -0.911. The van der Waals surface area contributed by atoms with Gasteiger partial charge in [-0.05, 0) is 23.3 Å². The summed E-state index contributed by atoms with van der Waals surface area (Å²) in [6.45, 7) is 0.897. The summed E-state index contributed by atoms with van der Waals surface area (Å²) in [5.74, 6) is -0.925. The third kappa shape index (κ3) is 4.52. The summed E-state index contributed by atoms with van der Waals surface area (Å²) in [4.78, 5) is 0. The van der Waals surface area contributed by atoms with E-state index in [1.54, 1.807) is 0 Å². The molecule has 0 amide bonds. The first-order valence-corrected chi connectivity index (χ1v) is 7.48. The Hall–Kier alpha value is -1.46. The summed E-state index contributed by atoms with van der Waals surface area (Å²) in [5, 5.41) is 22.9. The van der Waals surface area contributed by atoms with Gasteiger partial charge in [-0.15, -0.1) is 0 Å². The Morgan fingerprint density at radius 3 is 2.50 bits per heavy atom. The van der Waals surface area contributed by atoms with Gasteiger partial charge in [0, 0.05) is 25.6 Å².